The Hall–Kier alpha value is -2.12. The molecule has 0 spiro atoms. The molecule has 1 aliphatic heterocycles. The lowest BCUT2D eigenvalue weighted by atomic mass is 10.2. The fraction of sp³-hybridized carbons (Fsp3) is 0.294. The van der Waals surface area contributed by atoms with Crippen LogP contribution in [0.4, 0.5) is 5.82 Å². The number of aromatic nitrogens is 1. The van der Waals surface area contributed by atoms with Crippen LogP contribution in [0.1, 0.15) is 22.3 Å². The van der Waals surface area contributed by atoms with Gasteiger partial charge in [0.15, 0.2) is 9.84 Å². The minimum absolute atomic E-state index is 0.00545. The average Bonchev–Trinajstić information content (AvgIpc) is 2.93. The molecule has 1 atom stereocenters. The van der Waals surface area contributed by atoms with E-state index in [1.54, 1.807) is 18.3 Å². The lowest BCUT2D eigenvalue weighted by Crippen LogP contribution is -2.35. The highest BCUT2D eigenvalue weighted by Crippen LogP contribution is 2.14. The summed E-state index contributed by atoms with van der Waals surface area (Å²) in [6, 6.07) is 10.4. The van der Waals surface area contributed by atoms with E-state index in [-0.39, 0.29) is 23.5 Å². The van der Waals surface area contributed by atoms with Gasteiger partial charge in [0.25, 0.3) is 5.91 Å². The molecular weight excluding hydrogens is 362 g/mol. The number of nitrogens with zero attached hydrogens (tertiary/aromatic N) is 1. The van der Waals surface area contributed by atoms with Crippen LogP contribution in [0.5, 0.6) is 0 Å². The molecule has 1 aromatic carbocycles. The van der Waals surface area contributed by atoms with Crippen molar-refractivity contribution >= 4 is 33.2 Å². The van der Waals surface area contributed by atoms with Crippen LogP contribution >= 0.6 is 11.6 Å². The van der Waals surface area contributed by atoms with Crippen LogP contribution in [-0.4, -0.2) is 36.9 Å². The highest BCUT2D eigenvalue weighted by atomic mass is 35.5. The molecule has 1 aliphatic rings. The number of sulfone groups is 1. The summed E-state index contributed by atoms with van der Waals surface area (Å²) < 4.78 is 22.9. The fourth-order valence-corrected chi connectivity index (χ4v) is 4.44. The number of amides is 1. The van der Waals surface area contributed by atoms with Crippen molar-refractivity contribution in [2.75, 3.05) is 16.8 Å². The molecule has 1 fully saturated rings. The number of hydrogen-bond donors (Lipinski definition) is 2. The standard InChI is InChI=1S/C17H18ClN3O3S/c18-14-3-1-12(2-4-14)10-20-16-9-13(5-7-19-16)17(22)21-15-6-8-25(23,24)11-15/h1-5,7,9,15H,6,8,10-11H2,(H,19,20)(H,21,22). The van der Waals surface area contributed by atoms with Crippen LogP contribution in [-0.2, 0) is 16.4 Å². The summed E-state index contributed by atoms with van der Waals surface area (Å²) in [5.74, 6) is 0.411. The number of hydrogen-bond acceptors (Lipinski definition) is 5. The molecule has 2 heterocycles. The zero-order valence-corrected chi connectivity index (χ0v) is 15.0. The maximum atomic E-state index is 12.3. The van der Waals surface area contributed by atoms with E-state index < -0.39 is 9.84 Å². The van der Waals surface area contributed by atoms with Crippen molar-refractivity contribution in [3.63, 3.8) is 0 Å². The van der Waals surface area contributed by atoms with Gasteiger partial charge in [0.1, 0.15) is 5.82 Å². The first-order valence-corrected chi connectivity index (χ1v) is 10.1. The number of pyridine rings is 1. The Morgan fingerprint density at radius 1 is 1.24 bits per heavy atom. The van der Waals surface area contributed by atoms with Gasteiger partial charge in [0, 0.05) is 29.4 Å². The predicted octanol–water partition coefficient (Wildman–Crippen LogP) is 2.26. The van der Waals surface area contributed by atoms with Crippen LogP contribution in [0.2, 0.25) is 5.02 Å². The van der Waals surface area contributed by atoms with Gasteiger partial charge in [-0.25, -0.2) is 13.4 Å². The van der Waals surface area contributed by atoms with E-state index in [0.717, 1.165) is 5.56 Å². The molecule has 2 N–H and O–H groups in total. The third kappa shape index (κ3) is 4.93. The summed E-state index contributed by atoms with van der Waals surface area (Å²) in [6.45, 7) is 0.552. The molecule has 0 aliphatic carbocycles. The number of benzene rings is 1. The minimum Gasteiger partial charge on any atom is -0.366 e. The quantitative estimate of drug-likeness (QED) is 0.831. The third-order valence-electron chi connectivity index (χ3n) is 3.98. The fourth-order valence-electron chi connectivity index (χ4n) is 2.64. The molecule has 1 saturated heterocycles. The van der Waals surface area contributed by atoms with Crippen molar-refractivity contribution < 1.29 is 13.2 Å². The highest BCUT2D eigenvalue weighted by molar-refractivity contribution is 7.91. The first kappa shape index (κ1) is 17.7. The van der Waals surface area contributed by atoms with Crippen LogP contribution in [0.25, 0.3) is 0 Å². The summed E-state index contributed by atoms with van der Waals surface area (Å²) in [6.07, 6.45) is 2.01. The lowest BCUT2D eigenvalue weighted by molar-refractivity contribution is 0.0941. The molecule has 1 aromatic heterocycles. The monoisotopic (exact) mass is 379 g/mol. The molecule has 3 rings (SSSR count). The van der Waals surface area contributed by atoms with Crippen molar-refractivity contribution in [2.45, 2.75) is 19.0 Å². The normalized spacial score (nSPS) is 18.7. The van der Waals surface area contributed by atoms with E-state index in [4.69, 9.17) is 11.6 Å². The van der Waals surface area contributed by atoms with E-state index in [1.165, 1.54) is 0 Å². The van der Waals surface area contributed by atoms with Gasteiger partial charge < -0.3 is 10.6 Å². The number of rotatable bonds is 5. The van der Waals surface area contributed by atoms with Crippen LogP contribution in [0.15, 0.2) is 42.6 Å². The largest absolute Gasteiger partial charge is 0.366 e. The topological polar surface area (TPSA) is 88.2 Å². The van der Waals surface area contributed by atoms with Gasteiger partial charge in [-0.3, -0.25) is 4.79 Å². The summed E-state index contributed by atoms with van der Waals surface area (Å²) in [5.41, 5.74) is 1.48. The molecule has 6 nitrogen and oxygen atoms in total. The molecule has 1 amide bonds. The number of anilines is 1. The zero-order valence-electron chi connectivity index (χ0n) is 13.4. The SMILES string of the molecule is O=C(NC1CCS(=O)(=O)C1)c1ccnc(NCc2ccc(Cl)cc2)c1. The average molecular weight is 380 g/mol. The van der Waals surface area contributed by atoms with Crippen molar-refractivity contribution in [3.8, 4) is 0 Å². The number of carbonyl (C=O) groups excluding carboxylic acids is 1. The molecule has 0 saturated carbocycles. The summed E-state index contributed by atoms with van der Waals surface area (Å²) in [7, 11) is -3.02. The lowest BCUT2D eigenvalue weighted by Gasteiger charge is -2.12. The second kappa shape index (κ2) is 7.41. The summed E-state index contributed by atoms with van der Waals surface area (Å²) in [4.78, 5) is 16.5. The first-order valence-electron chi connectivity index (χ1n) is 7.87. The predicted molar refractivity (Wildman–Crippen MR) is 97.5 cm³/mol. The van der Waals surface area contributed by atoms with Gasteiger partial charge in [-0.2, -0.15) is 0 Å². The molecule has 0 radical (unpaired) electrons. The van der Waals surface area contributed by atoms with E-state index >= 15 is 0 Å². The second-order valence-corrected chi connectivity index (χ2v) is 8.65. The Morgan fingerprint density at radius 3 is 2.68 bits per heavy atom. The molecule has 2 aromatic rings. The molecule has 1 unspecified atom stereocenters. The number of nitrogens with one attached hydrogen (secondary N) is 2. The summed E-state index contributed by atoms with van der Waals surface area (Å²) >= 11 is 5.86. The van der Waals surface area contributed by atoms with Crippen molar-refractivity contribution in [1.29, 1.82) is 0 Å². The van der Waals surface area contributed by atoms with Gasteiger partial charge in [0.05, 0.1) is 11.5 Å². The molecule has 0 bridgehead atoms. The van der Waals surface area contributed by atoms with E-state index in [9.17, 15) is 13.2 Å². The van der Waals surface area contributed by atoms with Crippen molar-refractivity contribution in [3.05, 3.63) is 58.7 Å². The van der Waals surface area contributed by atoms with Gasteiger partial charge in [-0.15, -0.1) is 0 Å². The van der Waals surface area contributed by atoms with Gasteiger partial charge >= 0.3 is 0 Å². The Morgan fingerprint density at radius 2 is 2.00 bits per heavy atom. The van der Waals surface area contributed by atoms with E-state index in [1.807, 2.05) is 24.3 Å². The maximum absolute atomic E-state index is 12.3. The van der Waals surface area contributed by atoms with E-state index in [0.29, 0.717) is 29.4 Å². The second-order valence-electron chi connectivity index (χ2n) is 5.98. The maximum Gasteiger partial charge on any atom is 0.251 e. The van der Waals surface area contributed by atoms with Gasteiger partial charge in [0.2, 0.25) is 0 Å². The highest BCUT2D eigenvalue weighted by Gasteiger charge is 2.29. The van der Waals surface area contributed by atoms with Gasteiger partial charge in [-0.1, -0.05) is 23.7 Å². The van der Waals surface area contributed by atoms with Crippen LogP contribution < -0.4 is 10.6 Å². The van der Waals surface area contributed by atoms with Crippen molar-refractivity contribution in [2.24, 2.45) is 0 Å². The Bertz CT molecular complexity index is 869. The first-order chi connectivity index (χ1) is 11.9. The number of carbonyl (C=O) groups is 1. The summed E-state index contributed by atoms with van der Waals surface area (Å²) in [5, 5.41) is 6.60. The minimum atomic E-state index is -3.02. The zero-order chi connectivity index (χ0) is 17.9. The smallest absolute Gasteiger partial charge is 0.251 e. The van der Waals surface area contributed by atoms with Gasteiger partial charge in [-0.05, 0) is 36.2 Å². The van der Waals surface area contributed by atoms with Crippen molar-refractivity contribution in [1.82, 2.24) is 10.3 Å². The van der Waals surface area contributed by atoms with Crippen LogP contribution in [0, 0.1) is 0 Å². The molecule has 25 heavy (non-hydrogen) atoms. The number of halogens is 1. The Kier molecular flexibility index (Phi) is 5.24. The third-order valence-corrected chi connectivity index (χ3v) is 6.00. The molecule has 8 heteroatoms. The Balaban J connectivity index is 1.60. The molecular formula is C17H18ClN3O3S. The van der Waals surface area contributed by atoms with Crippen LogP contribution in [0.3, 0.4) is 0 Å². The molecule has 132 valence electrons. The Labute approximate surface area is 151 Å². The van der Waals surface area contributed by atoms with E-state index in [2.05, 4.69) is 15.6 Å².